The van der Waals surface area contributed by atoms with Crippen molar-refractivity contribution < 1.29 is 4.39 Å². The van der Waals surface area contributed by atoms with Crippen LogP contribution < -0.4 is 5.73 Å². The van der Waals surface area contributed by atoms with Gasteiger partial charge >= 0.3 is 0 Å². The van der Waals surface area contributed by atoms with E-state index >= 15 is 0 Å². The van der Waals surface area contributed by atoms with Gasteiger partial charge in [-0.25, -0.2) is 4.39 Å². The van der Waals surface area contributed by atoms with Crippen molar-refractivity contribution >= 4 is 0 Å². The minimum atomic E-state index is -0.740. The van der Waals surface area contributed by atoms with Crippen molar-refractivity contribution in [2.75, 3.05) is 0 Å². The Morgan fingerprint density at radius 1 is 1.67 bits per heavy atom. The normalized spacial score (nSPS) is 16.8. The van der Waals surface area contributed by atoms with Crippen molar-refractivity contribution in [1.29, 1.82) is 0 Å². The van der Waals surface area contributed by atoms with Crippen molar-refractivity contribution in [3.8, 4) is 0 Å². The fourth-order valence-electron chi connectivity index (χ4n) is 0.540. The Morgan fingerprint density at radius 3 is 2.56 bits per heavy atom. The summed E-state index contributed by atoms with van der Waals surface area (Å²) in [6.45, 7) is 5.03. The number of nitrogens with two attached hydrogens (primary N) is 1. The van der Waals surface area contributed by atoms with Gasteiger partial charge in [-0.2, -0.15) is 0 Å². The van der Waals surface area contributed by atoms with E-state index in [-0.39, 0.29) is 6.04 Å². The molecule has 0 saturated heterocycles. The van der Waals surface area contributed by atoms with Gasteiger partial charge in [-0.15, -0.1) is 6.58 Å². The maximum Gasteiger partial charge on any atom is 0.0974 e. The van der Waals surface area contributed by atoms with Crippen LogP contribution in [0, 0.1) is 0 Å². The van der Waals surface area contributed by atoms with Crippen molar-refractivity contribution in [2.24, 2.45) is 5.73 Å². The largest absolute Gasteiger partial charge is 0.324 e. The molecule has 0 fully saturated rings. The van der Waals surface area contributed by atoms with Gasteiger partial charge in [0.2, 0.25) is 0 Å². The first kappa shape index (κ1) is 8.63. The zero-order valence-electron chi connectivity index (χ0n) is 5.81. The summed E-state index contributed by atoms with van der Waals surface area (Å²) in [7, 11) is 0. The first-order valence-electron chi connectivity index (χ1n) is 3.19. The van der Waals surface area contributed by atoms with E-state index in [9.17, 15) is 4.39 Å². The molecular weight excluding hydrogens is 117 g/mol. The molecular formula is C7H14FN. The van der Waals surface area contributed by atoms with Crippen molar-refractivity contribution in [1.82, 2.24) is 0 Å². The van der Waals surface area contributed by atoms with Crippen LogP contribution in [0.25, 0.3) is 0 Å². The molecule has 0 heterocycles. The Hall–Kier alpha value is -0.370. The Kier molecular flexibility index (Phi) is 4.32. The average Bonchev–Trinajstić information content (AvgIpc) is 1.83. The minimum Gasteiger partial charge on any atom is -0.324 e. The van der Waals surface area contributed by atoms with Crippen LogP contribution >= 0.6 is 0 Å². The second kappa shape index (κ2) is 4.50. The van der Waals surface area contributed by atoms with Crippen molar-refractivity contribution in [3.05, 3.63) is 12.7 Å². The molecule has 0 aliphatic carbocycles. The predicted octanol–water partition coefficient (Wildman–Crippen LogP) is 1.64. The van der Waals surface area contributed by atoms with Crippen LogP contribution in [0.4, 0.5) is 4.39 Å². The summed E-state index contributed by atoms with van der Waals surface area (Å²) in [5.74, 6) is 0. The number of rotatable bonds is 4. The topological polar surface area (TPSA) is 26.0 Å². The Labute approximate surface area is 55.7 Å². The summed E-state index contributed by atoms with van der Waals surface area (Å²) in [5.41, 5.74) is 5.44. The molecule has 0 radical (unpaired) electrons. The summed E-state index contributed by atoms with van der Waals surface area (Å²) < 4.78 is 12.1. The molecule has 2 heteroatoms. The molecule has 2 atom stereocenters. The minimum absolute atomic E-state index is 0.0387. The van der Waals surface area contributed by atoms with E-state index in [1.165, 1.54) is 6.92 Å². The summed E-state index contributed by atoms with van der Waals surface area (Å²) in [4.78, 5) is 0. The Balaban J connectivity index is 3.16. The molecule has 2 N–H and O–H groups in total. The average molecular weight is 131 g/mol. The number of alkyl halides is 1. The molecule has 0 aromatic heterocycles. The van der Waals surface area contributed by atoms with Gasteiger partial charge in [-0.05, 0) is 19.8 Å². The van der Waals surface area contributed by atoms with Crippen LogP contribution in [0.15, 0.2) is 12.7 Å². The molecule has 9 heavy (non-hydrogen) atoms. The van der Waals surface area contributed by atoms with Gasteiger partial charge in [0.25, 0.3) is 0 Å². The number of hydrogen-bond donors (Lipinski definition) is 1. The third-order valence-electron chi connectivity index (χ3n) is 1.20. The van der Waals surface area contributed by atoms with Gasteiger partial charge < -0.3 is 5.73 Å². The molecule has 0 aliphatic rings. The zero-order chi connectivity index (χ0) is 7.28. The predicted molar refractivity (Wildman–Crippen MR) is 38.0 cm³/mol. The highest BCUT2D eigenvalue weighted by Gasteiger charge is 2.00. The van der Waals surface area contributed by atoms with E-state index in [0.717, 1.165) is 0 Å². The van der Waals surface area contributed by atoms with Gasteiger partial charge in [0.05, 0.1) is 6.17 Å². The van der Waals surface area contributed by atoms with E-state index in [2.05, 4.69) is 6.58 Å². The molecule has 0 aliphatic heterocycles. The third kappa shape index (κ3) is 5.50. The summed E-state index contributed by atoms with van der Waals surface area (Å²) >= 11 is 0. The lowest BCUT2D eigenvalue weighted by Gasteiger charge is -2.04. The molecule has 0 aromatic rings. The highest BCUT2D eigenvalue weighted by molar-refractivity contribution is 4.82. The zero-order valence-corrected chi connectivity index (χ0v) is 5.81. The second-order valence-corrected chi connectivity index (χ2v) is 2.26. The van der Waals surface area contributed by atoms with E-state index < -0.39 is 6.17 Å². The maximum atomic E-state index is 12.1. The lowest BCUT2D eigenvalue weighted by molar-refractivity contribution is 0.330. The summed E-state index contributed by atoms with van der Waals surface area (Å²) in [6.07, 6.45) is 2.13. The molecule has 0 aromatic carbocycles. The third-order valence-corrected chi connectivity index (χ3v) is 1.20. The molecule has 2 unspecified atom stereocenters. The smallest absolute Gasteiger partial charge is 0.0974 e. The van der Waals surface area contributed by atoms with Crippen molar-refractivity contribution in [3.63, 3.8) is 0 Å². The quantitative estimate of drug-likeness (QED) is 0.577. The van der Waals surface area contributed by atoms with Crippen LogP contribution in [-0.4, -0.2) is 12.2 Å². The highest BCUT2D eigenvalue weighted by atomic mass is 19.1. The van der Waals surface area contributed by atoms with Gasteiger partial charge in [0.1, 0.15) is 0 Å². The first-order valence-corrected chi connectivity index (χ1v) is 3.19. The molecule has 0 saturated carbocycles. The molecule has 54 valence electrons. The van der Waals surface area contributed by atoms with Gasteiger partial charge in [-0.3, -0.25) is 0 Å². The van der Waals surface area contributed by atoms with Crippen LogP contribution in [0.1, 0.15) is 19.8 Å². The van der Waals surface area contributed by atoms with E-state index in [0.29, 0.717) is 12.8 Å². The standard InChI is InChI=1S/C7H14FN/c1-3-7(9)5-4-6(2)8/h3,6-7H,1,4-5,9H2,2H3. The summed E-state index contributed by atoms with van der Waals surface area (Å²) in [6, 6.07) is -0.0387. The van der Waals surface area contributed by atoms with Crippen LogP contribution in [0.5, 0.6) is 0 Å². The van der Waals surface area contributed by atoms with Crippen LogP contribution in [-0.2, 0) is 0 Å². The molecule has 0 amide bonds. The van der Waals surface area contributed by atoms with E-state index in [1.54, 1.807) is 6.08 Å². The fourth-order valence-corrected chi connectivity index (χ4v) is 0.540. The second-order valence-electron chi connectivity index (χ2n) is 2.26. The lowest BCUT2D eigenvalue weighted by Crippen LogP contribution is -2.17. The summed E-state index contributed by atoms with van der Waals surface area (Å²) in [5, 5.41) is 0. The van der Waals surface area contributed by atoms with Gasteiger partial charge in [0.15, 0.2) is 0 Å². The van der Waals surface area contributed by atoms with Gasteiger partial charge in [-0.1, -0.05) is 6.08 Å². The SMILES string of the molecule is C=CC(N)CCC(C)F. The first-order chi connectivity index (χ1) is 4.16. The lowest BCUT2D eigenvalue weighted by atomic mass is 10.1. The number of halogens is 1. The van der Waals surface area contributed by atoms with E-state index in [4.69, 9.17) is 5.73 Å². The molecule has 1 nitrogen and oxygen atoms in total. The molecule has 0 rings (SSSR count). The molecule has 0 spiro atoms. The number of hydrogen-bond acceptors (Lipinski definition) is 1. The maximum absolute atomic E-state index is 12.1. The van der Waals surface area contributed by atoms with Crippen molar-refractivity contribution in [2.45, 2.75) is 32.0 Å². The Bertz CT molecular complexity index is 81.0. The van der Waals surface area contributed by atoms with Crippen LogP contribution in [0.3, 0.4) is 0 Å². The molecule has 0 bridgehead atoms. The fraction of sp³-hybridized carbons (Fsp3) is 0.714. The Morgan fingerprint density at radius 2 is 2.22 bits per heavy atom. The van der Waals surface area contributed by atoms with E-state index in [1.807, 2.05) is 0 Å². The monoisotopic (exact) mass is 131 g/mol. The van der Waals surface area contributed by atoms with Crippen LogP contribution in [0.2, 0.25) is 0 Å². The highest BCUT2D eigenvalue weighted by Crippen LogP contribution is 2.02. The van der Waals surface area contributed by atoms with Gasteiger partial charge in [0, 0.05) is 6.04 Å².